The van der Waals surface area contributed by atoms with Crippen LogP contribution in [0.15, 0.2) is 24.3 Å². The van der Waals surface area contributed by atoms with Gasteiger partial charge in [-0.25, -0.2) is 13.1 Å². The van der Waals surface area contributed by atoms with Crippen LogP contribution in [0.5, 0.6) is 0 Å². The van der Waals surface area contributed by atoms with Crippen molar-refractivity contribution in [3.63, 3.8) is 0 Å². The lowest BCUT2D eigenvalue weighted by molar-refractivity contribution is 0.0570. The van der Waals surface area contributed by atoms with Crippen molar-refractivity contribution in [1.82, 2.24) is 4.72 Å². The average molecular weight is 297 g/mol. The van der Waals surface area contributed by atoms with E-state index in [-0.39, 0.29) is 11.2 Å². The molecule has 1 aromatic rings. The Kier molecular flexibility index (Phi) is 5.18. The summed E-state index contributed by atoms with van der Waals surface area (Å²) in [6, 6.07) is 8.27. The summed E-state index contributed by atoms with van der Waals surface area (Å²) >= 11 is 0. The van der Waals surface area contributed by atoms with Crippen molar-refractivity contribution in [3.05, 3.63) is 35.4 Å². The van der Waals surface area contributed by atoms with Crippen LogP contribution in [-0.4, -0.2) is 33.4 Å². The molecular formula is C15H23NO3S. The zero-order valence-corrected chi connectivity index (χ0v) is 12.9. The summed E-state index contributed by atoms with van der Waals surface area (Å²) < 4.78 is 32.7. The third-order valence-corrected chi connectivity index (χ3v) is 5.88. The number of aryl methyl sites for hydroxylation is 1. The standard InChI is InChI=1S/C15H23NO3S/c1-3-16-20(17,18)15-8-9-19-11-14(15)10-13-6-4-12(2)5-7-13/h4-7,14-16H,3,8-11H2,1-2H3/t14-,15-/m1/s1. The van der Waals surface area contributed by atoms with Gasteiger partial charge in [-0.2, -0.15) is 0 Å². The zero-order valence-electron chi connectivity index (χ0n) is 12.1. The van der Waals surface area contributed by atoms with Crippen molar-refractivity contribution in [2.75, 3.05) is 19.8 Å². The summed E-state index contributed by atoms with van der Waals surface area (Å²) in [5.41, 5.74) is 2.38. The molecule has 112 valence electrons. The third-order valence-electron chi connectivity index (χ3n) is 3.77. The molecule has 5 heteroatoms. The van der Waals surface area contributed by atoms with Crippen LogP contribution >= 0.6 is 0 Å². The Morgan fingerprint density at radius 1 is 1.30 bits per heavy atom. The average Bonchev–Trinajstić information content (AvgIpc) is 2.42. The smallest absolute Gasteiger partial charge is 0.214 e. The van der Waals surface area contributed by atoms with Crippen LogP contribution < -0.4 is 4.72 Å². The highest BCUT2D eigenvalue weighted by atomic mass is 32.2. The Morgan fingerprint density at radius 3 is 2.65 bits per heavy atom. The second kappa shape index (κ2) is 6.70. The van der Waals surface area contributed by atoms with E-state index in [9.17, 15) is 8.42 Å². The van der Waals surface area contributed by atoms with E-state index in [1.165, 1.54) is 11.1 Å². The van der Waals surface area contributed by atoms with Gasteiger partial charge in [0.2, 0.25) is 10.0 Å². The Morgan fingerprint density at radius 2 is 2.00 bits per heavy atom. The number of benzene rings is 1. The Labute approximate surface area is 121 Å². The largest absolute Gasteiger partial charge is 0.381 e. The molecule has 0 radical (unpaired) electrons. The molecule has 0 spiro atoms. The fraction of sp³-hybridized carbons (Fsp3) is 0.600. The molecule has 1 aromatic carbocycles. The van der Waals surface area contributed by atoms with Crippen molar-refractivity contribution < 1.29 is 13.2 Å². The molecule has 0 saturated carbocycles. The van der Waals surface area contributed by atoms with Gasteiger partial charge in [0.1, 0.15) is 0 Å². The molecule has 1 saturated heterocycles. The van der Waals surface area contributed by atoms with Crippen LogP contribution in [0.3, 0.4) is 0 Å². The molecule has 0 amide bonds. The van der Waals surface area contributed by atoms with Gasteiger partial charge in [-0.05, 0) is 25.3 Å². The molecule has 1 aliphatic heterocycles. The van der Waals surface area contributed by atoms with Crippen LogP contribution in [0.1, 0.15) is 24.5 Å². The summed E-state index contributed by atoms with van der Waals surface area (Å²) in [5.74, 6) is 0.0236. The molecule has 0 unspecified atom stereocenters. The van der Waals surface area contributed by atoms with E-state index in [1.807, 2.05) is 13.8 Å². The van der Waals surface area contributed by atoms with Gasteiger partial charge >= 0.3 is 0 Å². The first-order chi connectivity index (χ1) is 9.53. The van der Waals surface area contributed by atoms with Gasteiger partial charge in [0.15, 0.2) is 0 Å². The molecule has 0 bridgehead atoms. The third kappa shape index (κ3) is 3.81. The quantitative estimate of drug-likeness (QED) is 0.903. The SMILES string of the molecule is CCNS(=O)(=O)[C@@H]1CCOC[C@H]1Cc1ccc(C)cc1. The maximum Gasteiger partial charge on any atom is 0.214 e. The Bertz CT molecular complexity index is 525. The summed E-state index contributed by atoms with van der Waals surface area (Å²) in [7, 11) is -3.24. The Hall–Kier alpha value is -0.910. The number of nitrogens with one attached hydrogen (secondary N) is 1. The Balaban J connectivity index is 2.13. The van der Waals surface area contributed by atoms with E-state index >= 15 is 0 Å². The fourth-order valence-corrected chi connectivity index (χ4v) is 4.42. The maximum atomic E-state index is 12.3. The molecule has 1 heterocycles. The van der Waals surface area contributed by atoms with Crippen molar-refractivity contribution in [1.29, 1.82) is 0 Å². The highest BCUT2D eigenvalue weighted by Gasteiger charge is 2.35. The summed E-state index contributed by atoms with van der Waals surface area (Å²) in [4.78, 5) is 0. The predicted molar refractivity (Wildman–Crippen MR) is 80.2 cm³/mol. The number of ether oxygens (including phenoxy) is 1. The minimum Gasteiger partial charge on any atom is -0.381 e. The van der Waals surface area contributed by atoms with Crippen LogP contribution in [0.2, 0.25) is 0 Å². The number of sulfonamides is 1. The lowest BCUT2D eigenvalue weighted by Crippen LogP contribution is -2.44. The lowest BCUT2D eigenvalue weighted by Gasteiger charge is -2.31. The molecule has 20 heavy (non-hydrogen) atoms. The molecular weight excluding hydrogens is 274 g/mol. The molecule has 0 aliphatic carbocycles. The highest BCUT2D eigenvalue weighted by molar-refractivity contribution is 7.90. The van der Waals surface area contributed by atoms with Gasteiger partial charge in [0, 0.05) is 19.1 Å². The molecule has 1 fully saturated rings. The lowest BCUT2D eigenvalue weighted by atomic mass is 9.93. The molecule has 1 aliphatic rings. The zero-order chi connectivity index (χ0) is 14.6. The van der Waals surface area contributed by atoms with E-state index in [0.29, 0.717) is 26.2 Å². The normalized spacial score (nSPS) is 23.7. The van der Waals surface area contributed by atoms with Crippen LogP contribution in [0.25, 0.3) is 0 Å². The van der Waals surface area contributed by atoms with Gasteiger partial charge in [0.05, 0.1) is 11.9 Å². The second-order valence-electron chi connectivity index (χ2n) is 5.39. The van der Waals surface area contributed by atoms with Crippen molar-refractivity contribution in [3.8, 4) is 0 Å². The van der Waals surface area contributed by atoms with Gasteiger partial charge in [-0.15, -0.1) is 0 Å². The first-order valence-corrected chi connectivity index (χ1v) is 8.69. The van der Waals surface area contributed by atoms with E-state index in [1.54, 1.807) is 0 Å². The van der Waals surface area contributed by atoms with Crippen LogP contribution in [0.4, 0.5) is 0 Å². The molecule has 1 N–H and O–H groups in total. The van der Waals surface area contributed by atoms with Gasteiger partial charge in [0.25, 0.3) is 0 Å². The molecule has 0 aromatic heterocycles. The van der Waals surface area contributed by atoms with Gasteiger partial charge < -0.3 is 4.74 Å². The van der Waals surface area contributed by atoms with E-state index in [4.69, 9.17) is 4.74 Å². The van der Waals surface area contributed by atoms with E-state index in [0.717, 1.165) is 6.42 Å². The van der Waals surface area contributed by atoms with E-state index < -0.39 is 10.0 Å². The summed E-state index contributed by atoms with van der Waals surface area (Å²) in [5, 5.41) is -0.350. The van der Waals surface area contributed by atoms with Gasteiger partial charge in [-0.3, -0.25) is 0 Å². The molecule has 4 nitrogen and oxygen atoms in total. The minimum absolute atomic E-state index is 0.0236. The van der Waals surface area contributed by atoms with Crippen LogP contribution in [0, 0.1) is 12.8 Å². The summed E-state index contributed by atoms with van der Waals surface area (Å²) in [6.07, 6.45) is 1.32. The van der Waals surface area contributed by atoms with E-state index in [2.05, 4.69) is 29.0 Å². The molecule has 2 rings (SSSR count). The topological polar surface area (TPSA) is 55.4 Å². The van der Waals surface area contributed by atoms with Crippen molar-refractivity contribution in [2.24, 2.45) is 5.92 Å². The number of hydrogen-bond acceptors (Lipinski definition) is 3. The highest BCUT2D eigenvalue weighted by Crippen LogP contribution is 2.25. The monoisotopic (exact) mass is 297 g/mol. The predicted octanol–water partition coefficient (Wildman–Crippen LogP) is 1.88. The minimum atomic E-state index is -3.24. The maximum absolute atomic E-state index is 12.3. The second-order valence-corrected chi connectivity index (χ2v) is 7.38. The first-order valence-electron chi connectivity index (χ1n) is 7.14. The van der Waals surface area contributed by atoms with Crippen molar-refractivity contribution in [2.45, 2.75) is 31.9 Å². The summed E-state index contributed by atoms with van der Waals surface area (Å²) in [6.45, 7) is 5.34. The van der Waals surface area contributed by atoms with Crippen molar-refractivity contribution >= 4 is 10.0 Å². The van der Waals surface area contributed by atoms with Gasteiger partial charge in [-0.1, -0.05) is 36.8 Å². The first kappa shape index (κ1) is 15.5. The number of hydrogen-bond donors (Lipinski definition) is 1. The number of rotatable bonds is 5. The molecule has 2 atom stereocenters. The van der Waals surface area contributed by atoms with Crippen LogP contribution in [-0.2, 0) is 21.2 Å². The fourth-order valence-electron chi connectivity index (χ4n) is 2.71.